The lowest BCUT2D eigenvalue weighted by atomic mass is 10.2. The zero-order chi connectivity index (χ0) is 19.3. The Morgan fingerprint density at radius 3 is 2.19 bits per heavy atom. The molecule has 0 amide bonds. The van der Waals surface area contributed by atoms with Gasteiger partial charge in [0, 0.05) is 23.5 Å². The number of hydrogen-bond acceptors (Lipinski definition) is 4. The van der Waals surface area contributed by atoms with Crippen molar-refractivity contribution in [2.45, 2.75) is 11.4 Å². The first-order valence-corrected chi connectivity index (χ1v) is 9.70. The fourth-order valence-corrected chi connectivity index (χ4v) is 3.59. The summed E-state index contributed by atoms with van der Waals surface area (Å²) in [7, 11) is -2.13. The van der Waals surface area contributed by atoms with E-state index in [1.165, 1.54) is 12.1 Å². The standard InChI is InChI=1S/C20H19FN2O3S/c1-26-20-5-3-2-4-15(20)14-22-17-8-10-18(11-9-17)23-27(24,25)19-12-6-16(21)7-13-19/h2-13,22-23H,14H2,1H3. The van der Waals surface area contributed by atoms with Crippen LogP contribution in [0.4, 0.5) is 15.8 Å². The summed E-state index contributed by atoms with van der Waals surface area (Å²) in [6.07, 6.45) is 0. The Kier molecular flexibility index (Phi) is 5.61. The number of ether oxygens (including phenoxy) is 1. The lowest BCUT2D eigenvalue weighted by molar-refractivity contribution is 0.410. The van der Waals surface area contributed by atoms with Crippen molar-refractivity contribution in [1.82, 2.24) is 0 Å². The Morgan fingerprint density at radius 2 is 1.52 bits per heavy atom. The molecule has 0 bridgehead atoms. The molecule has 3 rings (SSSR count). The average molecular weight is 386 g/mol. The predicted molar refractivity (Wildman–Crippen MR) is 104 cm³/mol. The van der Waals surface area contributed by atoms with Gasteiger partial charge in [-0.1, -0.05) is 18.2 Å². The second-order valence-corrected chi connectivity index (χ2v) is 7.48. The first-order valence-electron chi connectivity index (χ1n) is 8.22. The van der Waals surface area contributed by atoms with Gasteiger partial charge in [-0.25, -0.2) is 12.8 Å². The molecule has 27 heavy (non-hydrogen) atoms. The Morgan fingerprint density at radius 1 is 0.889 bits per heavy atom. The molecule has 0 spiro atoms. The first kappa shape index (κ1) is 18.7. The van der Waals surface area contributed by atoms with Crippen LogP contribution in [0.15, 0.2) is 77.7 Å². The van der Waals surface area contributed by atoms with Gasteiger partial charge in [-0.3, -0.25) is 4.72 Å². The molecule has 0 aliphatic carbocycles. The molecule has 0 aromatic heterocycles. The molecule has 0 saturated carbocycles. The summed E-state index contributed by atoms with van der Waals surface area (Å²) < 4.78 is 45.4. The molecular formula is C20H19FN2O3S. The average Bonchev–Trinajstić information content (AvgIpc) is 2.68. The molecule has 3 aromatic carbocycles. The summed E-state index contributed by atoms with van der Waals surface area (Å²) in [4.78, 5) is 0.00211. The van der Waals surface area contributed by atoms with Crippen LogP contribution in [0.2, 0.25) is 0 Å². The maximum atomic E-state index is 13.0. The highest BCUT2D eigenvalue weighted by Crippen LogP contribution is 2.21. The number of benzene rings is 3. The van der Waals surface area contributed by atoms with Gasteiger partial charge in [-0.15, -0.1) is 0 Å². The Balaban J connectivity index is 1.65. The minimum atomic E-state index is -3.76. The minimum absolute atomic E-state index is 0.00211. The molecule has 0 atom stereocenters. The Bertz CT molecular complexity index is 1000. The number of methoxy groups -OCH3 is 1. The zero-order valence-corrected chi connectivity index (χ0v) is 15.5. The van der Waals surface area contributed by atoms with Gasteiger partial charge in [0.05, 0.1) is 12.0 Å². The number of anilines is 2. The molecule has 5 nitrogen and oxygen atoms in total. The van der Waals surface area contributed by atoms with Crippen LogP contribution in [0.25, 0.3) is 0 Å². The summed E-state index contributed by atoms with van der Waals surface area (Å²) in [5.41, 5.74) is 2.27. The number of sulfonamides is 1. The van der Waals surface area contributed by atoms with Crippen LogP contribution in [0.1, 0.15) is 5.56 Å². The van der Waals surface area contributed by atoms with Crippen molar-refractivity contribution >= 4 is 21.4 Å². The molecule has 7 heteroatoms. The van der Waals surface area contributed by atoms with Crippen molar-refractivity contribution in [2.24, 2.45) is 0 Å². The van der Waals surface area contributed by atoms with Crippen molar-refractivity contribution in [2.75, 3.05) is 17.1 Å². The van der Waals surface area contributed by atoms with Gasteiger partial charge in [-0.2, -0.15) is 0 Å². The van der Waals surface area contributed by atoms with Crippen LogP contribution in [0, 0.1) is 5.82 Å². The number of hydrogen-bond donors (Lipinski definition) is 2. The second kappa shape index (κ2) is 8.09. The van der Waals surface area contributed by atoms with Gasteiger partial charge in [0.25, 0.3) is 10.0 Å². The van der Waals surface area contributed by atoms with E-state index in [0.717, 1.165) is 29.1 Å². The van der Waals surface area contributed by atoms with E-state index in [0.29, 0.717) is 12.2 Å². The Hall–Kier alpha value is -3.06. The van der Waals surface area contributed by atoms with Gasteiger partial charge in [0.15, 0.2) is 0 Å². The van der Waals surface area contributed by atoms with Gasteiger partial charge >= 0.3 is 0 Å². The van der Waals surface area contributed by atoms with Crippen LogP contribution in [-0.4, -0.2) is 15.5 Å². The number of para-hydroxylation sites is 1. The number of halogens is 1. The van der Waals surface area contributed by atoms with E-state index in [1.54, 1.807) is 31.4 Å². The Labute approximate surface area is 157 Å². The van der Waals surface area contributed by atoms with Crippen LogP contribution in [0.5, 0.6) is 5.75 Å². The molecule has 0 heterocycles. The molecule has 2 N–H and O–H groups in total. The summed E-state index contributed by atoms with van der Waals surface area (Å²) in [6.45, 7) is 0.574. The maximum absolute atomic E-state index is 13.0. The van der Waals surface area contributed by atoms with E-state index >= 15 is 0 Å². The molecule has 0 aliphatic heterocycles. The third-order valence-corrected chi connectivity index (χ3v) is 5.33. The molecule has 0 saturated heterocycles. The monoisotopic (exact) mass is 386 g/mol. The smallest absolute Gasteiger partial charge is 0.261 e. The topological polar surface area (TPSA) is 67.4 Å². The van der Waals surface area contributed by atoms with Crippen LogP contribution < -0.4 is 14.8 Å². The molecule has 140 valence electrons. The van der Waals surface area contributed by atoms with Crippen molar-refractivity contribution in [3.8, 4) is 5.75 Å². The second-order valence-electron chi connectivity index (χ2n) is 5.80. The highest BCUT2D eigenvalue weighted by Gasteiger charge is 2.14. The number of rotatable bonds is 7. The summed E-state index contributed by atoms with van der Waals surface area (Å²) in [5.74, 6) is 0.313. The van der Waals surface area contributed by atoms with Crippen molar-refractivity contribution in [3.05, 3.63) is 84.2 Å². The number of nitrogens with one attached hydrogen (secondary N) is 2. The molecular weight excluding hydrogens is 367 g/mol. The molecule has 0 radical (unpaired) electrons. The molecule has 3 aromatic rings. The van der Waals surface area contributed by atoms with Crippen molar-refractivity contribution < 1.29 is 17.5 Å². The fourth-order valence-electron chi connectivity index (χ4n) is 2.53. The maximum Gasteiger partial charge on any atom is 0.261 e. The quantitative estimate of drug-likeness (QED) is 0.637. The van der Waals surface area contributed by atoms with Gasteiger partial charge in [0.2, 0.25) is 0 Å². The van der Waals surface area contributed by atoms with E-state index in [1.807, 2.05) is 24.3 Å². The largest absolute Gasteiger partial charge is 0.496 e. The van der Waals surface area contributed by atoms with Crippen LogP contribution in [0.3, 0.4) is 0 Å². The molecule has 0 unspecified atom stereocenters. The van der Waals surface area contributed by atoms with Gasteiger partial charge in [-0.05, 0) is 54.6 Å². The third-order valence-electron chi connectivity index (χ3n) is 3.94. The highest BCUT2D eigenvalue weighted by molar-refractivity contribution is 7.92. The van der Waals surface area contributed by atoms with E-state index in [4.69, 9.17) is 4.74 Å². The summed E-state index contributed by atoms with van der Waals surface area (Å²) in [6, 6.07) is 19.2. The predicted octanol–water partition coefficient (Wildman–Crippen LogP) is 4.25. The van der Waals surface area contributed by atoms with Gasteiger partial charge in [0.1, 0.15) is 11.6 Å². The lowest BCUT2D eigenvalue weighted by Crippen LogP contribution is -2.12. The zero-order valence-electron chi connectivity index (χ0n) is 14.6. The van der Waals surface area contributed by atoms with Crippen LogP contribution >= 0.6 is 0 Å². The summed E-state index contributed by atoms with van der Waals surface area (Å²) >= 11 is 0. The van der Waals surface area contributed by atoms with E-state index in [-0.39, 0.29) is 4.90 Å². The van der Waals surface area contributed by atoms with Crippen molar-refractivity contribution in [3.63, 3.8) is 0 Å². The van der Waals surface area contributed by atoms with Crippen molar-refractivity contribution in [1.29, 1.82) is 0 Å². The van der Waals surface area contributed by atoms with Gasteiger partial charge < -0.3 is 10.1 Å². The van der Waals surface area contributed by atoms with E-state index in [2.05, 4.69) is 10.0 Å². The highest BCUT2D eigenvalue weighted by atomic mass is 32.2. The SMILES string of the molecule is COc1ccccc1CNc1ccc(NS(=O)(=O)c2ccc(F)cc2)cc1. The van der Waals surface area contributed by atoms with E-state index in [9.17, 15) is 12.8 Å². The summed E-state index contributed by atoms with van der Waals surface area (Å²) in [5, 5.41) is 3.26. The fraction of sp³-hybridized carbons (Fsp3) is 0.100. The molecule has 0 fully saturated rings. The molecule has 0 aliphatic rings. The van der Waals surface area contributed by atoms with Crippen LogP contribution in [-0.2, 0) is 16.6 Å². The third kappa shape index (κ3) is 4.77. The lowest BCUT2D eigenvalue weighted by Gasteiger charge is -2.12. The van der Waals surface area contributed by atoms with E-state index < -0.39 is 15.8 Å². The first-order chi connectivity index (χ1) is 13.0. The minimum Gasteiger partial charge on any atom is -0.496 e. The normalized spacial score (nSPS) is 11.0.